The van der Waals surface area contributed by atoms with E-state index in [1.165, 1.54) is 0 Å². The van der Waals surface area contributed by atoms with Crippen LogP contribution in [0.3, 0.4) is 0 Å². The highest BCUT2D eigenvalue weighted by Gasteiger charge is 2.24. The first-order valence-electron chi connectivity index (χ1n) is 10.4. The Hall–Kier alpha value is -3.03. The van der Waals surface area contributed by atoms with Gasteiger partial charge in [-0.15, -0.1) is 0 Å². The van der Waals surface area contributed by atoms with Crippen molar-refractivity contribution < 1.29 is 19.1 Å². The number of methoxy groups -OCH3 is 2. The van der Waals surface area contributed by atoms with Crippen molar-refractivity contribution in [2.45, 2.75) is 38.5 Å². The smallest absolute Gasteiger partial charge is 0.224 e. The van der Waals surface area contributed by atoms with Crippen LogP contribution in [0.2, 0.25) is 0 Å². The second-order valence-electron chi connectivity index (χ2n) is 7.64. The molecule has 30 heavy (non-hydrogen) atoms. The number of ether oxygens (including phenoxy) is 2. The summed E-state index contributed by atoms with van der Waals surface area (Å²) in [7, 11) is 3.15. The van der Waals surface area contributed by atoms with Crippen LogP contribution in [0, 0.1) is 5.92 Å². The number of benzene rings is 1. The molecule has 0 saturated carbocycles. The van der Waals surface area contributed by atoms with E-state index in [1.54, 1.807) is 38.6 Å². The normalized spacial score (nSPS) is 16.2. The molecule has 0 radical (unpaired) electrons. The average molecular weight is 415 g/mol. The van der Waals surface area contributed by atoms with E-state index in [2.05, 4.69) is 15.5 Å². The van der Waals surface area contributed by atoms with Gasteiger partial charge >= 0.3 is 0 Å². The van der Waals surface area contributed by atoms with Crippen LogP contribution >= 0.6 is 0 Å². The van der Waals surface area contributed by atoms with Crippen LogP contribution in [0.15, 0.2) is 30.6 Å². The molecule has 8 heteroatoms. The quantitative estimate of drug-likeness (QED) is 0.657. The topological polar surface area (TPSA) is 96.5 Å². The third-order valence-corrected chi connectivity index (χ3v) is 5.47. The summed E-state index contributed by atoms with van der Waals surface area (Å²) in [6.07, 6.45) is 7.97. The van der Waals surface area contributed by atoms with Crippen molar-refractivity contribution in [3.63, 3.8) is 0 Å². The lowest BCUT2D eigenvalue weighted by Gasteiger charge is -2.33. The number of carbonyl (C=O) groups is 2. The lowest BCUT2D eigenvalue weighted by molar-refractivity contribution is -0.133. The minimum Gasteiger partial charge on any atom is -0.497 e. The van der Waals surface area contributed by atoms with Crippen LogP contribution in [-0.2, 0) is 16.0 Å². The van der Waals surface area contributed by atoms with Crippen molar-refractivity contribution in [3.05, 3.63) is 36.2 Å². The number of likely N-dealkylation sites (tertiary alicyclic amines) is 1. The van der Waals surface area contributed by atoms with Gasteiger partial charge in [0.05, 0.1) is 20.4 Å². The second-order valence-corrected chi connectivity index (χ2v) is 7.64. The number of carbonyl (C=O) groups excluding carboxylic acids is 2. The fraction of sp³-hybridized carbons (Fsp3) is 0.500. The predicted octanol–water partition coefficient (Wildman–Crippen LogP) is 3.02. The van der Waals surface area contributed by atoms with Gasteiger partial charge in [-0.1, -0.05) is 0 Å². The number of hydrogen-bond donors (Lipinski definition) is 2. The predicted molar refractivity (Wildman–Crippen MR) is 114 cm³/mol. The monoisotopic (exact) mass is 414 g/mol. The van der Waals surface area contributed by atoms with Gasteiger partial charge in [0.25, 0.3) is 0 Å². The number of rotatable bonds is 9. The van der Waals surface area contributed by atoms with E-state index < -0.39 is 0 Å². The number of piperidine rings is 1. The first-order valence-corrected chi connectivity index (χ1v) is 10.4. The molecule has 1 atom stereocenters. The average Bonchev–Trinajstić information content (AvgIpc) is 3.29. The minimum atomic E-state index is -0.0475. The third-order valence-electron chi connectivity index (χ3n) is 5.47. The molecular weight excluding hydrogens is 384 g/mol. The zero-order valence-corrected chi connectivity index (χ0v) is 17.6. The number of anilines is 1. The lowest BCUT2D eigenvalue weighted by atomic mass is 9.93. The molecule has 0 aliphatic carbocycles. The van der Waals surface area contributed by atoms with E-state index in [0.29, 0.717) is 42.4 Å². The number of aromatic amines is 1. The number of aromatic nitrogens is 2. The molecule has 1 fully saturated rings. The summed E-state index contributed by atoms with van der Waals surface area (Å²) in [5, 5.41) is 9.60. The minimum absolute atomic E-state index is 0.0475. The van der Waals surface area contributed by atoms with E-state index in [4.69, 9.17) is 9.47 Å². The van der Waals surface area contributed by atoms with Crippen LogP contribution in [0.25, 0.3) is 0 Å². The maximum Gasteiger partial charge on any atom is 0.224 e. The standard InChI is InChI=1S/C22H30N4O4/c1-29-19-10-18(11-20(12-19)30-2)25-21(27)7-5-16-4-3-9-26(15-16)22(28)8-6-17-13-23-24-14-17/h10-14,16H,3-9,15H2,1-2H3,(H,23,24)(H,25,27)/t16-/m1/s1. The Bertz CT molecular complexity index is 815. The zero-order chi connectivity index (χ0) is 21.3. The fourth-order valence-corrected chi connectivity index (χ4v) is 3.79. The molecule has 1 aliphatic rings. The Morgan fingerprint density at radius 1 is 1.20 bits per heavy atom. The molecule has 2 amide bonds. The second kappa shape index (κ2) is 10.7. The summed E-state index contributed by atoms with van der Waals surface area (Å²) >= 11 is 0. The molecular formula is C22H30N4O4. The van der Waals surface area contributed by atoms with Crippen molar-refractivity contribution in [1.82, 2.24) is 15.1 Å². The van der Waals surface area contributed by atoms with Crippen molar-refractivity contribution in [2.24, 2.45) is 5.92 Å². The van der Waals surface area contributed by atoms with E-state index in [1.807, 2.05) is 11.1 Å². The lowest BCUT2D eigenvalue weighted by Crippen LogP contribution is -2.40. The molecule has 1 aliphatic heterocycles. The molecule has 2 heterocycles. The third kappa shape index (κ3) is 6.23. The van der Waals surface area contributed by atoms with E-state index in [9.17, 15) is 9.59 Å². The highest BCUT2D eigenvalue weighted by atomic mass is 16.5. The Balaban J connectivity index is 1.44. The van der Waals surface area contributed by atoms with Gasteiger partial charge in [0, 0.05) is 56.0 Å². The number of aryl methyl sites for hydroxylation is 1. The molecule has 0 unspecified atom stereocenters. The van der Waals surface area contributed by atoms with Gasteiger partial charge < -0.3 is 19.7 Å². The van der Waals surface area contributed by atoms with E-state index >= 15 is 0 Å². The van der Waals surface area contributed by atoms with Gasteiger partial charge in [0.2, 0.25) is 11.8 Å². The largest absolute Gasteiger partial charge is 0.497 e. The SMILES string of the molecule is COc1cc(NC(=O)CC[C@H]2CCCN(C(=O)CCc3cn[nH]c3)C2)cc(OC)c1. The van der Waals surface area contributed by atoms with Crippen molar-refractivity contribution >= 4 is 17.5 Å². The number of hydrogen-bond acceptors (Lipinski definition) is 5. The number of amides is 2. The highest BCUT2D eigenvalue weighted by molar-refractivity contribution is 5.91. The first-order chi connectivity index (χ1) is 14.6. The van der Waals surface area contributed by atoms with Gasteiger partial charge in [0.1, 0.15) is 11.5 Å². The maximum absolute atomic E-state index is 12.5. The summed E-state index contributed by atoms with van der Waals surface area (Å²) in [5.41, 5.74) is 1.69. The summed E-state index contributed by atoms with van der Waals surface area (Å²) in [4.78, 5) is 26.9. The molecule has 8 nitrogen and oxygen atoms in total. The van der Waals surface area contributed by atoms with E-state index in [-0.39, 0.29) is 11.8 Å². The van der Waals surface area contributed by atoms with E-state index in [0.717, 1.165) is 37.9 Å². The molecule has 1 aromatic heterocycles. The molecule has 0 spiro atoms. The molecule has 1 saturated heterocycles. The van der Waals surface area contributed by atoms with Crippen LogP contribution in [0.5, 0.6) is 11.5 Å². The Morgan fingerprint density at radius 2 is 1.97 bits per heavy atom. The van der Waals surface area contributed by atoms with Gasteiger partial charge in [-0.2, -0.15) is 5.10 Å². The molecule has 1 aromatic carbocycles. The zero-order valence-electron chi connectivity index (χ0n) is 17.6. The highest BCUT2D eigenvalue weighted by Crippen LogP contribution is 2.26. The summed E-state index contributed by atoms with van der Waals surface area (Å²) in [6.45, 7) is 1.53. The van der Waals surface area contributed by atoms with Crippen LogP contribution in [0.1, 0.15) is 37.7 Å². The molecule has 2 N–H and O–H groups in total. The molecule has 0 bridgehead atoms. The van der Waals surface area contributed by atoms with Crippen molar-refractivity contribution in [3.8, 4) is 11.5 Å². The molecule has 3 rings (SSSR count). The number of nitrogens with zero attached hydrogens (tertiary/aromatic N) is 2. The van der Waals surface area contributed by atoms with Gasteiger partial charge in [-0.25, -0.2) is 0 Å². The van der Waals surface area contributed by atoms with Crippen LogP contribution in [0.4, 0.5) is 5.69 Å². The van der Waals surface area contributed by atoms with Gasteiger partial charge in [0.15, 0.2) is 0 Å². The number of H-pyrrole nitrogens is 1. The summed E-state index contributed by atoms with van der Waals surface area (Å²) in [6, 6.07) is 5.29. The van der Waals surface area contributed by atoms with Crippen LogP contribution < -0.4 is 14.8 Å². The maximum atomic E-state index is 12.5. The van der Waals surface area contributed by atoms with Gasteiger partial charge in [-0.05, 0) is 37.2 Å². The fourth-order valence-electron chi connectivity index (χ4n) is 3.79. The van der Waals surface area contributed by atoms with Crippen molar-refractivity contribution in [1.29, 1.82) is 0 Å². The summed E-state index contributed by atoms with van der Waals surface area (Å²) < 4.78 is 10.5. The van der Waals surface area contributed by atoms with Gasteiger partial charge in [-0.3, -0.25) is 14.7 Å². The first kappa shape index (κ1) is 21.7. The Labute approximate surface area is 176 Å². The van der Waals surface area contributed by atoms with Crippen molar-refractivity contribution in [2.75, 3.05) is 32.6 Å². The van der Waals surface area contributed by atoms with Crippen LogP contribution in [-0.4, -0.2) is 54.2 Å². The Morgan fingerprint density at radius 3 is 2.63 bits per heavy atom. The molecule has 2 aromatic rings. The number of nitrogens with one attached hydrogen (secondary N) is 2. The molecule has 162 valence electrons. The Kier molecular flexibility index (Phi) is 7.70. The summed E-state index contributed by atoms with van der Waals surface area (Å²) in [5.74, 6) is 1.73.